The van der Waals surface area contributed by atoms with Crippen LogP contribution in [0.2, 0.25) is 0 Å². The Labute approximate surface area is 157 Å². The van der Waals surface area contributed by atoms with E-state index in [0.29, 0.717) is 16.6 Å². The van der Waals surface area contributed by atoms with E-state index < -0.39 is 18.5 Å². The van der Waals surface area contributed by atoms with Gasteiger partial charge in [0.25, 0.3) is 5.91 Å². The van der Waals surface area contributed by atoms with Gasteiger partial charge in [0, 0.05) is 16.6 Å². The molecule has 3 rings (SSSR count). The average Bonchev–Trinajstić information content (AvgIpc) is 2.99. The van der Waals surface area contributed by atoms with E-state index in [-0.39, 0.29) is 5.69 Å². The first-order valence-electron chi connectivity index (χ1n) is 7.77. The maximum Gasteiger partial charge on any atom is 0.356 e. The smallest absolute Gasteiger partial charge is 0.356 e. The number of nitriles is 1. The average molecular weight is 412 g/mol. The molecule has 0 unspecified atom stereocenters. The molecule has 0 saturated carbocycles. The Morgan fingerprint density at radius 1 is 1.15 bits per heavy atom. The number of carbonyl (C=O) groups excluding carboxylic acids is 2. The number of esters is 1. The molecule has 1 amide bonds. The summed E-state index contributed by atoms with van der Waals surface area (Å²) < 4.78 is 5.68. The van der Waals surface area contributed by atoms with Crippen LogP contribution in [0.5, 0.6) is 0 Å². The fourth-order valence-electron chi connectivity index (χ4n) is 2.45. The lowest BCUT2D eigenvalue weighted by atomic mass is 10.1. The van der Waals surface area contributed by atoms with Gasteiger partial charge in [0.2, 0.25) is 0 Å². The first-order valence-corrected chi connectivity index (χ1v) is 8.57. The van der Waals surface area contributed by atoms with E-state index in [1.807, 2.05) is 24.3 Å². The maximum absolute atomic E-state index is 12.2. The molecule has 3 aromatic rings. The molecule has 0 aliphatic carbocycles. The number of aromatic amines is 1. The number of nitrogens with one attached hydrogen (secondary N) is 2. The molecule has 6 nitrogen and oxygen atoms in total. The van der Waals surface area contributed by atoms with Crippen molar-refractivity contribution in [1.82, 2.24) is 4.98 Å². The Balaban J connectivity index is 1.59. The molecule has 0 radical (unpaired) electrons. The number of amides is 1. The molecule has 0 aliphatic rings. The quantitative estimate of drug-likeness (QED) is 0.624. The van der Waals surface area contributed by atoms with Crippen molar-refractivity contribution in [3.63, 3.8) is 0 Å². The predicted octanol–water partition coefficient (Wildman–Crippen LogP) is 3.79. The number of benzene rings is 2. The third kappa shape index (κ3) is 3.92. The second-order valence-corrected chi connectivity index (χ2v) is 6.31. The number of nitrogens with zero attached hydrogens (tertiary/aromatic N) is 1. The summed E-state index contributed by atoms with van der Waals surface area (Å²) in [5, 5.41) is 12.1. The predicted molar refractivity (Wildman–Crippen MR) is 101 cm³/mol. The number of H-pyrrole nitrogens is 1. The fraction of sp³-hybridized carbons (Fsp3) is 0.105. The summed E-state index contributed by atoms with van der Waals surface area (Å²) in [6.45, 7) is -0.402. The summed E-state index contributed by atoms with van der Waals surface area (Å²) >= 11 is 3.38. The molecular formula is C19H14BrN3O3. The van der Waals surface area contributed by atoms with Gasteiger partial charge < -0.3 is 15.0 Å². The Morgan fingerprint density at radius 2 is 1.88 bits per heavy atom. The lowest BCUT2D eigenvalue weighted by molar-refractivity contribution is -0.119. The SMILES string of the molecule is N#CCc1ccc(NC(=O)COC(=O)c2[nH]c3ccccc3c2Br)cc1. The van der Waals surface area contributed by atoms with Gasteiger partial charge in [0.1, 0.15) is 5.69 Å². The number of halogens is 1. The second-order valence-electron chi connectivity index (χ2n) is 5.52. The number of fused-ring (bicyclic) bond motifs is 1. The zero-order valence-corrected chi connectivity index (χ0v) is 15.2. The molecule has 7 heteroatoms. The highest BCUT2D eigenvalue weighted by Gasteiger charge is 2.18. The lowest BCUT2D eigenvalue weighted by Gasteiger charge is -2.07. The summed E-state index contributed by atoms with van der Waals surface area (Å²) in [4.78, 5) is 27.1. The Morgan fingerprint density at radius 3 is 2.58 bits per heavy atom. The Kier molecular flexibility index (Phi) is 5.34. The van der Waals surface area contributed by atoms with Crippen molar-refractivity contribution in [1.29, 1.82) is 5.26 Å². The fourth-order valence-corrected chi connectivity index (χ4v) is 3.05. The minimum atomic E-state index is -0.618. The molecule has 2 aromatic carbocycles. The van der Waals surface area contributed by atoms with E-state index in [2.05, 4.69) is 32.3 Å². The summed E-state index contributed by atoms with van der Waals surface area (Å²) in [7, 11) is 0. The monoisotopic (exact) mass is 411 g/mol. The van der Waals surface area contributed by atoms with Gasteiger partial charge >= 0.3 is 5.97 Å². The van der Waals surface area contributed by atoms with Gasteiger partial charge in [-0.15, -0.1) is 0 Å². The summed E-state index contributed by atoms with van der Waals surface area (Å²) in [5.41, 5.74) is 2.49. The molecule has 1 heterocycles. The number of ether oxygens (including phenoxy) is 1. The highest BCUT2D eigenvalue weighted by Crippen LogP contribution is 2.28. The Hall–Kier alpha value is -3.11. The number of aromatic nitrogens is 1. The number of para-hydroxylation sites is 1. The van der Waals surface area contributed by atoms with E-state index in [4.69, 9.17) is 10.00 Å². The van der Waals surface area contributed by atoms with Gasteiger partial charge in [-0.25, -0.2) is 4.79 Å². The molecule has 1 aromatic heterocycles. The van der Waals surface area contributed by atoms with Gasteiger partial charge in [0.15, 0.2) is 6.61 Å². The molecule has 0 saturated heterocycles. The number of rotatable bonds is 5. The van der Waals surface area contributed by atoms with Crippen molar-refractivity contribution in [3.8, 4) is 6.07 Å². The minimum Gasteiger partial charge on any atom is -0.451 e. The maximum atomic E-state index is 12.2. The molecule has 0 atom stereocenters. The van der Waals surface area contributed by atoms with E-state index in [1.165, 1.54) is 0 Å². The minimum absolute atomic E-state index is 0.264. The van der Waals surface area contributed by atoms with Crippen LogP contribution in [0.15, 0.2) is 53.0 Å². The van der Waals surface area contributed by atoms with Crippen molar-refractivity contribution in [3.05, 3.63) is 64.3 Å². The topological polar surface area (TPSA) is 95.0 Å². The summed E-state index contributed by atoms with van der Waals surface area (Å²) in [5.74, 6) is -1.06. The number of hydrogen-bond donors (Lipinski definition) is 2. The summed E-state index contributed by atoms with van der Waals surface area (Å²) in [6, 6.07) is 16.4. The van der Waals surface area contributed by atoms with Crippen molar-refractivity contribution in [2.45, 2.75) is 6.42 Å². The molecule has 0 spiro atoms. The molecule has 0 aliphatic heterocycles. The van der Waals surface area contributed by atoms with Crippen LogP contribution in [0.25, 0.3) is 10.9 Å². The highest BCUT2D eigenvalue weighted by molar-refractivity contribution is 9.10. The van der Waals surface area contributed by atoms with Crippen molar-refractivity contribution >= 4 is 44.4 Å². The van der Waals surface area contributed by atoms with Crippen molar-refractivity contribution < 1.29 is 14.3 Å². The van der Waals surface area contributed by atoms with Crippen LogP contribution >= 0.6 is 15.9 Å². The number of carbonyl (C=O) groups is 2. The van der Waals surface area contributed by atoms with Crippen LogP contribution in [-0.4, -0.2) is 23.5 Å². The lowest BCUT2D eigenvalue weighted by Crippen LogP contribution is -2.21. The normalized spacial score (nSPS) is 10.3. The third-order valence-electron chi connectivity index (χ3n) is 3.70. The second kappa shape index (κ2) is 7.85. The standard InChI is InChI=1S/C19H14BrN3O3/c20-17-14-3-1-2-4-15(14)23-18(17)19(25)26-11-16(24)22-13-7-5-12(6-8-13)9-10-21/h1-8,23H,9,11H2,(H,22,24). The highest BCUT2D eigenvalue weighted by atomic mass is 79.9. The van der Waals surface area contributed by atoms with Crippen LogP contribution in [0.4, 0.5) is 5.69 Å². The molecule has 0 bridgehead atoms. The van der Waals surface area contributed by atoms with E-state index in [0.717, 1.165) is 16.5 Å². The van der Waals surface area contributed by atoms with Crippen LogP contribution in [0.1, 0.15) is 16.1 Å². The largest absolute Gasteiger partial charge is 0.451 e. The van der Waals surface area contributed by atoms with Gasteiger partial charge in [0.05, 0.1) is 17.0 Å². The van der Waals surface area contributed by atoms with Gasteiger partial charge in [-0.1, -0.05) is 30.3 Å². The molecule has 2 N–H and O–H groups in total. The van der Waals surface area contributed by atoms with E-state index in [1.54, 1.807) is 24.3 Å². The van der Waals surface area contributed by atoms with Crippen LogP contribution in [0.3, 0.4) is 0 Å². The first-order chi connectivity index (χ1) is 12.6. The zero-order valence-electron chi connectivity index (χ0n) is 13.6. The zero-order chi connectivity index (χ0) is 18.5. The number of hydrogen-bond acceptors (Lipinski definition) is 4. The first kappa shape index (κ1) is 17.7. The molecular weight excluding hydrogens is 398 g/mol. The third-order valence-corrected chi connectivity index (χ3v) is 4.53. The van der Waals surface area contributed by atoms with Gasteiger partial charge in [-0.3, -0.25) is 4.79 Å². The number of anilines is 1. The molecule has 0 fully saturated rings. The van der Waals surface area contributed by atoms with Crippen molar-refractivity contribution in [2.75, 3.05) is 11.9 Å². The van der Waals surface area contributed by atoms with Crippen LogP contribution in [0, 0.1) is 11.3 Å². The summed E-state index contributed by atoms with van der Waals surface area (Å²) in [6.07, 6.45) is 0.311. The van der Waals surface area contributed by atoms with Crippen LogP contribution in [-0.2, 0) is 16.0 Å². The Bertz CT molecular complexity index is 1000. The van der Waals surface area contributed by atoms with Gasteiger partial charge in [-0.05, 0) is 39.7 Å². The van der Waals surface area contributed by atoms with Gasteiger partial charge in [-0.2, -0.15) is 5.26 Å². The van der Waals surface area contributed by atoms with E-state index in [9.17, 15) is 9.59 Å². The van der Waals surface area contributed by atoms with Crippen molar-refractivity contribution in [2.24, 2.45) is 0 Å². The van der Waals surface area contributed by atoms with E-state index >= 15 is 0 Å². The molecule has 130 valence electrons. The molecule has 26 heavy (non-hydrogen) atoms. The van der Waals surface area contributed by atoms with Crippen LogP contribution < -0.4 is 5.32 Å².